The number of halogens is 2. The summed E-state index contributed by atoms with van der Waals surface area (Å²) in [6.07, 6.45) is 0. The molecule has 1 heterocycles. The van der Waals surface area contributed by atoms with Gasteiger partial charge >= 0.3 is 0 Å². The van der Waals surface area contributed by atoms with Gasteiger partial charge in [-0.15, -0.1) is 0 Å². The molecule has 0 aliphatic carbocycles. The second kappa shape index (κ2) is 7.86. The molecule has 8 heteroatoms. The SMILES string of the molecule is COc1ccc(Nc2nc(C)cc(Nc3ccc(F)cc3F)n2)cc1OC. The summed E-state index contributed by atoms with van der Waals surface area (Å²) in [5, 5.41) is 5.90. The Kier molecular flexibility index (Phi) is 5.35. The number of aromatic nitrogens is 2. The van der Waals surface area contributed by atoms with Gasteiger partial charge in [-0.3, -0.25) is 0 Å². The molecule has 0 atom stereocenters. The van der Waals surface area contributed by atoms with Crippen LogP contribution in [0.1, 0.15) is 5.69 Å². The Balaban J connectivity index is 1.85. The molecule has 0 radical (unpaired) electrons. The van der Waals surface area contributed by atoms with E-state index < -0.39 is 11.6 Å². The van der Waals surface area contributed by atoms with Crippen LogP contribution in [0.15, 0.2) is 42.5 Å². The Morgan fingerprint density at radius 2 is 1.63 bits per heavy atom. The standard InChI is InChI=1S/C19H18F2N4O2/c1-11-8-18(24-15-6-4-12(20)9-14(15)21)25-19(22-11)23-13-5-7-16(26-2)17(10-13)27-3/h4-10H,1-3H3,(H2,22,23,24,25). The van der Waals surface area contributed by atoms with Crippen LogP contribution in [0.25, 0.3) is 0 Å². The molecule has 140 valence electrons. The number of anilines is 4. The van der Waals surface area contributed by atoms with Gasteiger partial charge in [-0.1, -0.05) is 0 Å². The first kappa shape index (κ1) is 18.4. The fraction of sp³-hybridized carbons (Fsp3) is 0.158. The minimum Gasteiger partial charge on any atom is -0.493 e. The molecule has 1 aromatic heterocycles. The van der Waals surface area contributed by atoms with Gasteiger partial charge in [-0.2, -0.15) is 4.98 Å². The highest BCUT2D eigenvalue weighted by Gasteiger charge is 2.09. The highest BCUT2D eigenvalue weighted by atomic mass is 19.1. The van der Waals surface area contributed by atoms with Crippen molar-refractivity contribution < 1.29 is 18.3 Å². The summed E-state index contributed by atoms with van der Waals surface area (Å²) in [4.78, 5) is 8.64. The first-order chi connectivity index (χ1) is 13.0. The van der Waals surface area contributed by atoms with Gasteiger partial charge in [-0.25, -0.2) is 13.8 Å². The van der Waals surface area contributed by atoms with Gasteiger partial charge in [-0.05, 0) is 31.2 Å². The lowest BCUT2D eigenvalue weighted by Gasteiger charge is -2.12. The van der Waals surface area contributed by atoms with E-state index in [2.05, 4.69) is 20.6 Å². The van der Waals surface area contributed by atoms with E-state index >= 15 is 0 Å². The molecular formula is C19H18F2N4O2. The van der Waals surface area contributed by atoms with E-state index in [1.54, 1.807) is 45.4 Å². The summed E-state index contributed by atoms with van der Waals surface area (Å²) in [5.41, 5.74) is 1.47. The largest absolute Gasteiger partial charge is 0.493 e. The first-order valence-electron chi connectivity index (χ1n) is 8.05. The molecule has 6 nitrogen and oxygen atoms in total. The predicted molar refractivity (Wildman–Crippen MR) is 99.2 cm³/mol. The van der Waals surface area contributed by atoms with Crippen molar-refractivity contribution in [1.29, 1.82) is 0 Å². The molecular weight excluding hydrogens is 354 g/mol. The number of hydrogen-bond acceptors (Lipinski definition) is 6. The van der Waals surface area contributed by atoms with Crippen LogP contribution in [-0.4, -0.2) is 24.2 Å². The molecule has 2 aromatic carbocycles. The highest BCUT2D eigenvalue weighted by Crippen LogP contribution is 2.31. The minimum absolute atomic E-state index is 0.117. The highest BCUT2D eigenvalue weighted by molar-refractivity contribution is 5.63. The second-order valence-corrected chi connectivity index (χ2v) is 5.66. The molecule has 0 fully saturated rings. The van der Waals surface area contributed by atoms with Crippen LogP contribution in [0.2, 0.25) is 0 Å². The second-order valence-electron chi connectivity index (χ2n) is 5.66. The van der Waals surface area contributed by atoms with E-state index in [0.29, 0.717) is 34.6 Å². The number of aryl methyl sites for hydroxylation is 1. The lowest BCUT2D eigenvalue weighted by molar-refractivity contribution is 0.355. The molecule has 3 rings (SSSR count). The van der Waals surface area contributed by atoms with Gasteiger partial charge < -0.3 is 20.1 Å². The molecule has 0 aliphatic heterocycles. The van der Waals surface area contributed by atoms with Crippen molar-refractivity contribution in [3.8, 4) is 11.5 Å². The van der Waals surface area contributed by atoms with Crippen LogP contribution < -0.4 is 20.1 Å². The van der Waals surface area contributed by atoms with Gasteiger partial charge in [0, 0.05) is 29.6 Å². The maximum absolute atomic E-state index is 13.9. The van der Waals surface area contributed by atoms with Crippen molar-refractivity contribution in [2.75, 3.05) is 24.9 Å². The van der Waals surface area contributed by atoms with Crippen LogP contribution in [0, 0.1) is 18.6 Å². The van der Waals surface area contributed by atoms with Crippen LogP contribution >= 0.6 is 0 Å². The number of nitrogens with zero attached hydrogens (tertiary/aromatic N) is 2. The van der Waals surface area contributed by atoms with E-state index in [0.717, 1.165) is 6.07 Å². The average molecular weight is 372 g/mol. The number of hydrogen-bond donors (Lipinski definition) is 2. The van der Waals surface area contributed by atoms with Crippen molar-refractivity contribution in [1.82, 2.24) is 9.97 Å². The zero-order valence-corrected chi connectivity index (χ0v) is 15.0. The summed E-state index contributed by atoms with van der Waals surface area (Å²) in [7, 11) is 3.10. The molecule has 2 N–H and O–H groups in total. The van der Waals surface area contributed by atoms with E-state index in [1.165, 1.54) is 12.1 Å². The van der Waals surface area contributed by atoms with Gasteiger partial charge in [0.25, 0.3) is 0 Å². The van der Waals surface area contributed by atoms with E-state index in [4.69, 9.17) is 9.47 Å². The molecule has 0 saturated heterocycles. The molecule has 27 heavy (non-hydrogen) atoms. The monoisotopic (exact) mass is 372 g/mol. The Morgan fingerprint density at radius 1 is 0.852 bits per heavy atom. The Morgan fingerprint density at radius 3 is 2.33 bits per heavy atom. The number of methoxy groups -OCH3 is 2. The molecule has 3 aromatic rings. The maximum Gasteiger partial charge on any atom is 0.229 e. The summed E-state index contributed by atoms with van der Waals surface area (Å²) in [6, 6.07) is 10.2. The number of rotatable bonds is 6. The third kappa shape index (κ3) is 4.41. The smallest absolute Gasteiger partial charge is 0.229 e. The normalized spacial score (nSPS) is 10.4. The zero-order valence-electron chi connectivity index (χ0n) is 15.0. The van der Waals surface area contributed by atoms with Crippen molar-refractivity contribution in [3.05, 3.63) is 59.8 Å². The van der Waals surface area contributed by atoms with Crippen LogP contribution in [0.5, 0.6) is 11.5 Å². The fourth-order valence-corrected chi connectivity index (χ4v) is 2.46. The van der Waals surface area contributed by atoms with Crippen molar-refractivity contribution >= 4 is 23.1 Å². The number of benzene rings is 2. The lowest BCUT2D eigenvalue weighted by Crippen LogP contribution is -2.03. The molecule has 0 amide bonds. The molecule has 0 spiro atoms. The predicted octanol–water partition coefficient (Wildman–Crippen LogP) is 4.57. The number of ether oxygens (including phenoxy) is 2. The van der Waals surface area contributed by atoms with Crippen LogP contribution in [-0.2, 0) is 0 Å². The molecule has 0 unspecified atom stereocenters. The lowest BCUT2D eigenvalue weighted by atomic mass is 10.2. The number of nitrogens with one attached hydrogen (secondary N) is 2. The minimum atomic E-state index is -0.708. The molecule has 0 aliphatic rings. The van der Waals surface area contributed by atoms with Crippen molar-refractivity contribution in [3.63, 3.8) is 0 Å². The Hall–Kier alpha value is -3.42. The third-order valence-corrected chi connectivity index (χ3v) is 3.69. The van der Waals surface area contributed by atoms with Crippen LogP contribution in [0.3, 0.4) is 0 Å². The van der Waals surface area contributed by atoms with E-state index in [-0.39, 0.29) is 5.69 Å². The maximum atomic E-state index is 13.9. The fourth-order valence-electron chi connectivity index (χ4n) is 2.46. The van der Waals surface area contributed by atoms with Crippen molar-refractivity contribution in [2.45, 2.75) is 6.92 Å². The Labute approximate surface area is 155 Å². The van der Waals surface area contributed by atoms with Gasteiger partial charge in [0.05, 0.1) is 19.9 Å². The zero-order chi connectivity index (χ0) is 19.4. The van der Waals surface area contributed by atoms with E-state index in [9.17, 15) is 8.78 Å². The molecule has 0 saturated carbocycles. The quantitative estimate of drug-likeness (QED) is 0.661. The first-order valence-corrected chi connectivity index (χ1v) is 8.05. The van der Waals surface area contributed by atoms with Gasteiger partial charge in [0.1, 0.15) is 17.5 Å². The topological polar surface area (TPSA) is 68.3 Å². The summed E-state index contributed by atoms with van der Waals surface area (Å²) < 4.78 is 37.4. The van der Waals surface area contributed by atoms with Gasteiger partial charge in [0.2, 0.25) is 5.95 Å². The Bertz CT molecular complexity index is 966. The summed E-state index contributed by atoms with van der Waals surface area (Å²) >= 11 is 0. The third-order valence-electron chi connectivity index (χ3n) is 3.69. The molecule has 0 bridgehead atoms. The average Bonchev–Trinajstić information content (AvgIpc) is 2.63. The van der Waals surface area contributed by atoms with E-state index in [1.807, 2.05) is 0 Å². The summed E-state index contributed by atoms with van der Waals surface area (Å²) in [5.74, 6) is 0.487. The van der Waals surface area contributed by atoms with Crippen molar-refractivity contribution in [2.24, 2.45) is 0 Å². The van der Waals surface area contributed by atoms with Crippen LogP contribution in [0.4, 0.5) is 31.9 Å². The summed E-state index contributed by atoms with van der Waals surface area (Å²) in [6.45, 7) is 1.79. The van der Waals surface area contributed by atoms with Gasteiger partial charge in [0.15, 0.2) is 11.5 Å².